The Balaban J connectivity index is 1.78. The Labute approximate surface area is 172 Å². The van der Waals surface area contributed by atoms with E-state index in [1.54, 1.807) is 7.11 Å². The second-order valence-electron chi connectivity index (χ2n) is 8.28. The molecule has 1 atom stereocenters. The summed E-state index contributed by atoms with van der Waals surface area (Å²) in [5.41, 5.74) is 3.84. The molecule has 4 rings (SSSR count). The number of benzene rings is 2. The zero-order valence-corrected chi connectivity index (χ0v) is 17.7. The van der Waals surface area contributed by atoms with Crippen LogP contribution in [0.2, 0.25) is 0 Å². The van der Waals surface area contributed by atoms with E-state index in [1.807, 2.05) is 16.8 Å². The van der Waals surface area contributed by atoms with Crippen LogP contribution in [0, 0.1) is 0 Å². The Morgan fingerprint density at radius 1 is 1.07 bits per heavy atom. The van der Waals surface area contributed by atoms with E-state index in [0.29, 0.717) is 0 Å². The van der Waals surface area contributed by atoms with E-state index in [1.165, 1.54) is 16.7 Å². The highest BCUT2D eigenvalue weighted by Gasteiger charge is 2.34. The third-order valence-corrected chi connectivity index (χ3v) is 6.13. The van der Waals surface area contributed by atoms with Crippen molar-refractivity contribution in [3.8, 4) is 5.75 Å². The van der Waals surface area contributed by atoms with Crippen LogP contribution in [0.15, 0.2) is 48.5 Å². The topological polar surface area (TPSA) is 56.1 Å². The Morgan fingerprint density at radius 2 is 1.79 bits per heavy atom. The maximum Gasteiger partial charge on any atom is 0.173 e. The molecule has 1 unspecified atom stereocenters. The second kappa shape index (κ2) is 7.95. The maximum absolute atomic E-state index is 5.37. The Morgan fingerprint density at radius 3 is 2.48 bits per heavy atom. The van der Waals surface area contributed by atoms with Crippen molar-refractivity contribution in [3.63, 3.8) is 0 Å². The van der Waals surface area contributed by atoms with Crippen LogP contribution < -0.4 is 4.74 Å². The van der Waals surface area contributed by atoms with E-state index in [4.69, 9.17) is 4.74 Å². The molecule has 0 aliphatic carbocycles. The molecule has 1 aliphatic rings. The first kappa shape index (κ1) is 19.6. The van der Waals surface area contributed by atoms with Gasteiger partial charge in [-0.05, 0) is 65.9 Å². The molecule has 0 bridgehead atoms. The molecule has 1 aliphatic heterocycles. The van der Waals surface area contributed by atoms with E-state index in [2.05, 4.69) is 77.6 Å². The van der Waals surface area contributed by atoms with Crippen LogP contribution >= 0.6 is 0 Å². The van der Waals surface area contributed by atoms with Crippen molar-refractivity contribution in [1.82, 2.24) is 25.1 Å². The third kappa shape index (κ3) is 3.77. The zero-order valence-electron chi connectivity index (χ0n) is 17.7. The van der Waals surface area contributed by atoms with Gasteiger partial charge in [0.25, 0.3) is 0 Å². The number of methoxy groups -OCH3 is 1. The summed E-state index contributed by atoms with van der Waals surface area (Å²) in [5, 5.41) is 13.0. The summed E-state index contributed by atoms with van der Waals surface area (Å²) >= 11 is 0. The van der Waals surface area contributed by atoms with Crippen molar-refractivity contribution in [2.75, 3.05) is 13.7 Å². The lowest BCUT2D eigenvalue weighted by Crippen LogP contribution is -2.38. The lowest BCUT2D eigenvalue weighted by atomic mass is 9.95. The van der Waals surface area contributed by atoms with Gasteiger partial charge in [-0.3, -0.25) is 4.90 Å². The van der Waals surface area contributed by atoms with Crippen molar-refractivity contribution in [1.29, 1.82) is 0 Å². The van der Waals surface area contributed by atoms with Crippen LogP contribution in [-0.2, 0) is 18.5 Å². The van der Waals surface area contributed by atoms with Crippen LogP contribution in [0.4, 0.5) is 0 Å². The highest BCUT2D eigenvalue weighted by molar-refractivity contribution is 5.34. The summed E-state index contributed by atoms with van der Waals surface area (Å²) in [6.07, 6.45) is 1.98. The average Bonchev–Trinajstić information content (AvgIpc) is 3.25. The molecule has 0 radical (unpaired) electrons. The van der Waals surface area contributed by atoms with E-state index in [0.717, 1.165) is 37.5 Å². The van der Waals surface area contributed by atoms with Gasteiger partial charge in [0, 0.05) is 13.1 Å². The number of hydrogen-bond acceptors (Lipinski definition) is 5. The molecule has 3 aromatic rings. The number of hydrogen-bond donors (Lipinski definition) is 0. The van der Waals surface area contributed by atoms with Crippen LogP contribution in [0.3, 0.4) is 0 Å². The number of aromatic nitrogens is 4. The monoisotopic (exact) mass is 391 g/mol. The van der Waals surface area contributed by atoms with Gasteiger partial charge >= 0.3 is 0 Å². The van der Waals surface area contributed by atoms with Crippen molar-refractivity contribution in [3.05, 3.63) is 71.0 Å². The Hall–Kier alpha value is -2.73. The first-order valence-corrected chi connectivity index (χ1v) is 10.3. The molecule has 0 N–H and O–H groups in total. The van der Waals surface area contributed by atoms with Crippen molar-refractivity contribution in [2.45, 2.75) is 51.7 Å². The molecular formula is C23H29N5O. The summed E-state index contributed by atoms with van der Waals surface area (Å²) < 4.78 is 7.37. The standard InChI is InChI=1S/C23H29N5O/c1-5-23(2,3)28-22(24-25-26-28)21(18-10-12-20(29-4)13-11-18)27-15-14-17-8-6-7-9-19(17)16-27/h6-13,21H,5,14-16H2,1-4H3. The van der Waals surface area contributed by atoms with E-state index in [-0.39, 0.29) is 11.6 Å². The number of nitrogens with zero attached hydrogens (tertiary/aromatic N) is 5. The fraction of sp³-hybridized carbons (Fsp3) is 0.435. The molecule has 6 nitrogen and oxygen atoms in total. The maximum atomic E-state index is 5.37. The van der Waals surface area contributed by atoms with Gasteiger partial charge in [0.05, 0.1) is 18.7 Å². The molecule has 1 aromatic heterocycles. The summed E-state index contributed by atoms with van der Waals surface area (Å²) in [4.78, 5) is 2.48. The summed E-state index contributed by atoms with van der Waals surface area (Å²) in [6.45, 7) is 8.39. The molecule has 0 fully saturated rings. The molecule has 2 heterocycles. The van der Waals surface area contributed by atoms with E-state index in [9.17, 15) is 0 Å². The summed E-state index contributed by atoms with van der Waals surface area (Å²) in [6, 6.07) is 17.0. The minimum Gasteiger partial charge on any atom is -0.497 e. The summed E-state index contributed by atoms with van der Waals surface area (Å²) in [5.74, 6) is 1.74. The minimum absolute atomic E-state index is 0.0184. The predicted octanol–water partition coefficient (Wildman–Crippen LogP) is 3.97. The number of tetrazole rings is 1. The second-order valence-corrected chi connectivity index (χ2v) is 8.28. The lowest BCUT2D eigenvalue weighted by molar-refractivity contribution is 0.181. The third-order valence-electron chi connectivity index (χ3n) is 6.13. The number of fused-ring (bicyclic) bond motifs is 1. The quantitative estimate of drug-likeness (QED) is 0.636. The van der Waals surface area contributed by atoms with Gasteiger partial charge < -0.3 is 4.74 Å². The fourth-order valence-corrected chi connectivity index (χ4v) is 3.99. The lowest BCUT2D eigenvalue weighted by Gasteiger charge is -2.36. The van der Waals surface area contributed by atoms with Gasteiger partial charge in [0.2, 0.25) is 0 Å². The van der Waals surface area contributed by atoms with Gasteiger partial charge in [0.1, 0.15) is 5.75 Å². The molecule has 0 saturated heterocycles. The molecular weight excluding hydrogens is 362 g/mol. The van der Waals surface area contributed by atoms with Crippen molar-refractivity contribution in [2.24, 2.45) is 0 Å². The van der Waals surface area contributed by atoms with E-state index < -0.39 is 0 Å². The Bertz CT molecular complexity index is 963. The SMILES string of the molecule is CCC(C)(C)n1nnnc1C(c1ccc(OC)cc1)N1CCc2ccccc2C1. The zero-order chi connectivity index (χ0) is 20.4. The van der Waals surface area contributed by atoms with Gasteiger partial charge in [-0.15, -0.1) is 5.10 Å². The first-order valence-electron chi connectivity index (χ1n) is 10.3. The van der Waals surface area contributed by atoms with Gasteiger partial charge in [-0.2, -0.15) is 0 Å². The highest BCUT2D eigenvalue weighted by Crippen LogP contribution is 2.34. The smallest absolute Gasteiger partial charge is 0.173 e. The first-order chi connectivity index (χ1) is 14.0. The molecule has 29 heavy (non-hydrogen) atoms. The largest absolute Gasteiger partial charge is 0.497 e. The number of ether oxygens (including phenoxy) is 1. The van der Waals surface area contributed by atoms with Crippen LogP contribution in [0.5, 0.6) is 5.75 Å². The molecule has 152 valence electrons. The van der Waals surface area contributed by atoms with Crippen LogP contribution in [-0.4, -0.2) is 38.8 Å². The highest BCUT2D eigenvalue weighted by atomic mass is 16.5. The molecule has 0 spiro atoms. The average molecular weight is 392 g/mol. The molecule has 0 saturated carbocycles. The number of rotatable bonds is 6. The van der Waals surface area contributed by atoms with Crippen LogP contribution in [0.25, 0.3) is 0 Å². The van der Waals surface area contributed by atoms with Gasteiger partial charge in [-0.25, -0.2) is 4.68 Å². The predicted molar refractivity (Wildman–Crippen MR) is 113 cm³/mol. The Kier molecular flexibility index (Phi) is 5.37. The van der Waals surface area contributed by atoms with Crippen LogP contribution in [0.1, 0.15) is 55.7 Å². The normalized spacial score (nSPS) is 15.7. The molecule has 2 aromatic carbocycles. The van der Waals surface area contributed by atoms with E-state index >= 15 is 0 Å². The summed E-state index contributed by atoms with van der Waals surface area (Å²) in [7, 11) is 1.69. The van der Waals surface area contributed by atoms with Gasteiger partial charge in [0.15, 0.2) is 5.82 Å². The van der Waals surface area contributed by atoms with Gasteiger partial charge in [-0.1, -0.05) is 43.3 Å². The van der Waals surface area contributed by atoms with Crippen molar-refractivity contribution < 1.29 is 4.74 Å². The minimum atomic E-state index is -0.156. The molecule has 0 amide bonds. The molecule has 6 heteroatoms. The van der Waals surface area contributed by atoms with Crippen molar-refractivity contribution >= 4 is 0 Å². The fourth-order valence-electron chi connectivity index (χ4n) is 3.99.